The first-order valence-corrected chi connectivity index (χ1v) is 7.43. The van der Waals surface area contributed by atoms with Crippen molar-refractivity contribution in [3.8, 4) is 0 Å². The molecule has 2 N–H and O–H groups in total. The summed E-state index contributed by atoms with van der Waals surface area (Å²) in [7, 11) is 0. The second-order valence-electron chi connectivity index (χ2n) is 5.35. The molecule has 0 saturated carbocycles. The molecular formula is C21H19N. The number of nitrogen functional groups attached to an aromatic ring is 1. The maximum Gasteiger partial charge on any atom is 0.0314 e. The van der Waals surface area contributed by atoms with Gasteiger partial charge in [-0.05, 0) is 46.9 Å². The second-order valence-corrected chi connectivity index (χ2v) is 5.35. The van der Waals surface area contributed by atoms with Gasteiger partial charge in [0.25, 0.3) is 0 Å². The smallest absolute Gasteiger partial charge is 0.0314 e. The van der Waals surface area contributed by atoms with E-state index in [0.29, 0.717) is 0 Å². The van der Waals surface area contributed by atoms with Gasteiger partial charge in [0, 0.05) is 5.69 Å². The highest BCUT2D eigenvalue weighted by Gasteiger charge is 2.10. The van der Waals surface area contributed by atoms with Crippen LogP contribution in [0.15, 0.2) is 84.9 Å². The molecule has 0 saturated heterocycles. The molecule has 0 spiro atoms. The largest absolute Gasteiger partial charge is 0.399 e. The monoisotopic (exact) mass is 285 g/mol. The SMILES string of the molecule is CC(=C(c1ccccc1)c1ccccc1)c1ccc(N)cc1. The summed E-state index contributed by atoms with van der Waals surface area (Å²) < 4.78 is 0. The van der Waals surface area contributed by atoms with Gasteiger partial charge in [-0.1, -0.05) is 72.8 Å². The third kappa shape index (κ3) is 2.94. The lowest BCUT2D eigenvalue weighted by Crippen LogP contribution is -1.93. The lowest BCUT2D eigenvalue weighted by atomic mass is 9.90. The van der Waals surface area contributed by atoms with E-state index in [0.717, 1.165) is 5.69 Å². The summed E-state index contributed by atoms with van der Waals surface area (Å²) in [6.07, 6.45) is 0. The predicted octanol–water partition coefficient (Wildman–Crippen LogP) is 5.25. The maximum atomic E-state index is 5.81. The Balaban J connectivity index is 2.21. The summed E-state index contributed by atoms with van der Waals surface area (Å²) in [5.41, 5.74) is 12.7. The minimum absolute atomic E-state index is 0.789. The van der Waals surface area contributed by atoms with Crippen molar-refractivity contribution >= 4 is 16.8 Å². The van der Waals surface area contributed by atoms with E-state index in [9.17, 15) is 0 Å². The Morgan fingerprint density at radius 1 is 0.591 bits per heavy atom. The van der Waals surface area contributed by atoms with Crippen molar-refractivity contribution in [1.29, 1.82) is 0 Å². The van der Waals surface area contributed by atoms with Gasteiger partial charge in [0.1, 0.15) is 0 Å². The van der Waals surface area contributed by atoms with Crippen LogP contribution in [0.2, 0.25) is 0 Å². The fraction of sp³-hybridized carbons (Fsp3) is 0.0476. The van der Waals surface area contributed by atoms with Crippen molar-refractivity contribution in [3.05, 3.63) is 102 Å². The summed E-state index contributed by atoms with van der Waals surface area (Å²) >= 11 is 0. The second kappa shape index (κ2) is 6.31. The van der Waals surface area contributed by atoms with Crippen LogP contribution in [-0.4, -0.2) is 0 Å². The van der Waals surface area contributed by atoms with Gasteiger partial charge in [0.2, 0.25) is 0 Å². The van der Waals surface area contributed by atoms with Crippen LogP contribution in [-0.2, 0) is 0 Å². The fourth-order valence-corrected chi connectivity index (χ4v) is 2.69. The van der Waals surface area contributed by atoms with Crippen molar-refractivity contribution < 1.29 is 0 Å². The molecule has 0 amide bonds. The Bertz CT molecular complexity index is 728. The van der Waals surface area contributed by atoms with E-state index in [1.54, 1.807) is 0 Å². The summed E-state index contributed by atoms with van der Waals surface area (Å²) in [4.78, 5) is 0. The average Bonchev–Trinajstić information content (AvgIpc) is 2.57. The molecule has 3 rings (SSSR count). The molecule has 0 aliphatic carbocycles. The molecule has 1 nitrogen and oxygen atoms in total. The van der Waals surface area contributed by atoms with E-state index in [-0.39, 0.29) is 0 Å². The number of hydrogen-bond acceptors (Lipinski definition) is 1. The third-order valence-corrected chi connectivity index (χ3v) is 3.84. The Morgan fingerprint density at radius 2 is 1.05 bits per heavy atom. The molecule has 22 heavy (non-hydrogen) atoms. The van der Waals surface area contributed by atoms with Gasteiger partial charge in [-0.15, -0.1) is 0 Å². The van der Waals surface area contributed by atoms with Crippen molar-refractivity contribution in [1.82, 2.24) is 0 Å². The van der Waals surface area contributed by atoms with Crippen molar-refractivity contribution in [3.63, 3.8) is 0 Å². The molecule has 0 atom stereocenters. The summed E-state index contributed by atoms with van der Waals surface area (Å²) in [5.74, 6) is 0. The van der Waals surface area contributed by atoms with Gasteiger partial charge in [0.15, 0.2) is 0 Å². The minimum Gasteiger partial charge on any atom is -0.399 e. The Hall–Kier alpha value is -2.80. The van der Waals surface area contributed by atoms with Crippen LogP contribution in [0, 0.1) is 0 Å². The highest BCUT2D eigenvalue weighted by molar-refractivity contribution is 5.97. The van der Waals surface area contributed by atoms with Crippen LogP contribution < -0.4 is 5.73 Å². The van der Waals surface area contributed by atoms with Crippen molar-refractivity contribution in [2.75, 3.05) is 5.73 Å². The first kappa shape index (κ1) is 14.2. The molecule has 0 fully saturated rings. The highest BCUT2D eigenvalue weighted by atomic mass is 14.5. The average molecular weight is 285 g/mol. The molecular weight excluding hydrogens is 266 g/mol. The maximum absolute atomic E-state index is 5.81. The van der Waals surface area contributed by atoms with Crippen LogP contribution in [0.5, 0.6) is 0 Å². The van der Waals surface area contributed by atoms with Crippen LogP contribution in [0.1, 0.15) is 23.6 Å². The standard InChI is InChI=1S/C21H19N/c1-16(17-12-14-20(22)15-13-17)21(18-8-4-2-5-9-18)19-10-6-3-7-11-19/h2-15H,22H2,1H3. The van der Waals surface area contributed by atoms with Crippen LogP contribution in [0.4, 0.5) is 5.69 Å². The normalized spacial score (nSPS) is 10.2. The number of hydrogen-bond donors (Lipinski definition) is 1. The van der Waals surface area contributed by atoms with E-state index < -0.39 is 0 Å². The summed E-state index contributed by atoms with van der Waals surface area (Å²) in [6, 6.07) is 29.1. The molecule has 0 bridgehead atoms. The molecule has 0 aliphatic heterocycles. The highest BCUT2D eigenvalue weighted by Crippen LogP contribution is 2.32. The van der Waals surface area contributed by atoms with E-state index in [2.05, 4.69) is 67.6 Å². The van der Waals surface area contributed by atoms with E-state index in [1.807, 2.05) is 24.3 Å². The van der Waals surface area contributed by atoms with Crippen LogP contribution >= 0.6 is 0 Å². The van der Waals surface area contributed by atoms with E-state index in [1.165, 1.54) is 27.8 Å². The van der Waals surface area contributed by atoms with Gasteiger partial charge >= 0.3 is 0 Å². The molecule has 0 radical (unpaired) electrons. The Labute approximate surface area is 131 Å². The number of nitrogens with two attached hydrogens (primary N) is 1. The molecule has 3 aromatic rings. The van der Waals surface area contributed by atoms with Crippen LogP contribution in [0.3, 0.4) is 0 Å². The van der Waals surface area contributed by atoms with Crippen LogP contribution in [0.25, 0.3) is 11.1 Å². The molecule has 0 aliphatic rings. The molecule has 0 aromatic heterocycles. The van der Waals surface area contributed by atoms with Gasteiger partial charge < -0.3 is 5.73 Å². The summed E-state index contributed by atoms with van der Waals surface area (Å²) in [6.45, 7) is 2.17. The number of allylic oxidation sites excluding steroid dienone is 1. The topological polar surface area (TPSA) is 26.0 Å². The first-order chi connectivity index (χ1) is 10.8. The van der Waals surface area contributed by atoms with Crippen molar-refractivity contribution in [2.24, 2.45) is 0 Å². The Morgan fingerprint density at radius 3 is 1.50 bits per heavy atom. The van der Waals surface area contributed by atoms with Gasteiger partial charge in [-0.2, -0.15) is 0 Å². The Kier molecular flexibility index (Phi) is 4.06. The fourth-order valence-electron chi connectivity index (χ4n) is 2.69. The molecule has 3 aromatic carbocycles. The van der Waals surface area contributed by atoms with Gasteiger partial charge in [0.05, 0.1) is 0 Å². The minimum atomic E-state index is 0.789. The summed E-state index contributed by atoms with van der Waals surface area (Å²) in [5, 5.41) is 0. The molecule has 0 heterocycles. The number of benzene rings is 3. The lowest BCUT2D eigenvalue weighted by molar-refractivity contribution is 1.50. The molecule has 1 heteroatoms. The third-order valence-electron chi connectivity index (χ3n) is 3.84. The molecule has 108 valence electrons. The van der Waals surface area contributed by atoms with E-state index in [4.69, 9.17) is 5.73 Å². The quantitative estimate of drug-likeness (QED) is 0.516. The molecule has 0 unspecified atom stereocenters. The zero-order valence-corrected chi connectivity index (χ0v) is 12.7. The zero-order chi connectivity index (χ0) is 15.4. The lowest BCUT2D eigenvalue weighted by Gasteiger charge is -2.14. The van der Waals surface area contributed by atoms with E-state index >= 15 is 0 Å². The van der Waals surface area contributed by atoms with Crippen molar-refractivity contribution in [2.45, 2.75) is 6.92 Å². The van der Waals surface area contributed by atoms with Gasteiger partial charge in [-0.3, -0.25) is 0 Å². The first-order valence-electron chi connectivity index (χ1n) is 7.43. The number of anilines is 1. The van der Waals surface area contributed by atoms with Gasteiger partial charge in [-0.25, -0.2) is 0 Å². The zero-order valence-electron chi connectivity index (χ0n) is 12.7. The predicted molar refractivity (Wildman–Crippen MR) is 95.3 cm³/mol. The number of rotatable bonds is 3.